The van der Waals surface area contributed by atoms with E-state index in [1.54, 1.807) is 78.9 Å². The fourth-order valence-electron chi connectivity index (χ4n) is 5.37. The standard InChI is InChI=1S/C42H34Cl2N2O12S2/c1-25-3-10-31(11-4-25)54-58-59-55-33-15-16-35(42(48)49)36(22-33)41(47)45-39-17-8-27(20-37(39)43)28-9-18-40(38(44)21-28)46-52-23-30-19-34(14-7-29(30)24-53-50)57-60(51)56-32-12-5-26(2)6-13-32/h3-22,46,50H,23-24H2,1-2H3,(H,45,47)(H,48,49). The van der Waals surface area contributed by atoms with Gasteiger partial charge in [0.2, 0.25) is 0 Å². The van der Waals surface area contributed by atoms with E-state index in [-0.39, 0.29) is 46.5 Å². The zero-order valence-electron chi connectivity index (χ0n) is 31.5. The number of amides is 1. The molecule has 0 bridgehead atoms. The van der Waals surface area contributed by atoms with E-state index in [4.69, 9.17) is 55.1 Å². The third kappa shape index (κ3) is 12.1. The first-order valence-corrected chi connectivity index (χ1v) is 20.0. The molecule has 0 radical (unpaired) electrons. The summed E-state index contributed by atoms with van der Waals surface area (Å²) in [5, 5.41) is 22.0. The van der Waals surface area contributed by atoms with Gasteiger partial charge in [-0.15, -0.1) is 0 Å². The average molecular weight is 894 g/mol. The molecule has 1 amide bonds. The number of carbonyl (C=O) groups is 2. The van der Waals surface area contributed by atoms with Gasteiger partial charge in [0.15, 0.2) is 5.75 Å². The Morgan fingerprint density at radius 1 is 0.667 bits per heavy atom. The monoisotopic (exact) mass is 892 g/mol. The Morgan fingerprint density at radius 3 is 1.90 bits per heavy atom. The molecule has 0 heterocycles. The highest BCUT2D eigenvalue weighted by molar-refractivity contribution is 7.90. The Kier molecular flexibility index (Phi) is 15.3. The summed E-state index contributed by atoms with van der Waals surface area (Å²) < 4.78 is 33.7. The van der Waals surface area contributed by atoms with E-state index < -0.39 is 23.2 Å². The van der Waals surface area contributed by atoms with Gasteiger partial charge < -0.3 is 27.9 Å². The first-order valence-electron chi connectivity index (χ1n) is 17.6. The molecule has 18 heteroatoms. The fourth-order valence-corrected chi connectivity index (χ4v) is 6.70. The van der Waals surface area contributed by atoms with Gasteiger partial charge in [-0.05, 0) is 115 Å². The Labute approximate surface area is 360 Å². The smallest absolute Gasteiger partial charge is 0.417 e. The van der Waals surface area contributed by atoms with Crippen LogP contribution in [0.3, 0.4) is 0 Å². The molecular weight excluding hydrogens is 860 g/mol. The van der Waals surface area contributed by atoms with E-state index in [0.29, 0.717) is 56.8 Å². The van der Waals surface area contributed by atoms with Gasteiger partial charge in [0.25, 0.3) is 18.2 Å². The Bertz CT molecular complexity index is 2490. The number of carboxylic acid groups (broad SMARTS) is 1. The number of carbonyl (C=O) groups excluding carboxylic acids is 1. The van der Waals surface area contributed by atoms with E-state index in [0.717, 1.165) is 11.1 Å². The lowest BCUT2D eigenvalue weighted by atomic mass is 10.0. The van der Waals surface area contributed by atoms with E-state index in [9.17, 15) is 18.9 Å². The van der Waals surface area contributed by atoms with Gasteiger partial charge in [0.1, 0.15) is 30.5 Å². The second-order valence-electron chi connectivity index (χ2n) is 12.8. The summed E-state index contributed by atoms with van der Waals surface area (Å²) in [7, 11) is 0. The number of hydrogen-bond donors (Lipinski definition) is 4. The predicted molar refractivity (Wildman–Crippen MR) is 227 cm³/mol. The summed E-state index contributed by atoms with van der Waals surface area (Å²) in [4.78, 5) is 40.5. The molecule has 0 aromatic heterocycles. The zero-order valence-corrected chi connectivity index (χ0v) is 34.7. The van der Waals surface area contributed by atoms with Crippen molar-refractivity contribution in [2.75, 3.05) is 10.8 Å². The Morgan fingerprint density at radius 2 is 1.27 bits per heavy atom. The lowest BCUT2D eigenvalue weighted by Crippen LogP contribution is -2.16. The third-order valence-electron chi connectivity index (χ3n) is 8.45. The average Bonchev–Trinajstić information content (AvgIpc) is 3.23. The minimum absolute atomic E-state index is 0.0373. The van der Waals surface area contributed by atoms with Crippen LogP contribution in [0.25, 0.3) is 11.1 Å². The molecule has 4 N–H and O–H groups in total. The van der Waals surface area contributed by atoms with Gasteiger partial charge in [-0.3, -0.25) is 20.4 Å². The summed E-state index contributed by atoms with van der Waals surface area (Å²) in [6.45, 7) is 3.67. The highest BCUT2D eigenvalue weighted by Gasteiger charge is 2.20. The van der Waals surface area contributed by atoms with Crippen LogP contribution in [0.1, 0.15) is 43.0 Å². The largest absolute Gasteiger partial charge is 0.478 e. The lowest BCUT2D eigenvalue weighted by Gasteiger charge is -2.14. The number of carboxylic acids is 1. The summed E-state index contributed by atoms with van der Waals surface area (Å²) in [6.07, 6.45) is 0. The molecule has 6 rings (SSSR count). The highest BCUT2D eigenvalue weighted by Crippen LogP contribution is 2.34. The molecular formula is C42H34Cl2N2O12S2. The number of aryl methyl sites for hydroxylation is 2. The number of rotatable bonds is 19. The van der Waals surface area contributed by atoms with Crippen molar-refractivity contribution in [1.82, 2.24) is 0 Å². The molecule has 6 aromatic rings. The molecule has 14 nitrogen and oxygen atoms in total. The molecule has 1 unspecified atom stereocenters. The van der Waals surface area contributed by atoms with Gasteiger partial charge in [-0.25, -0.2) is 9.68 Å². The Balaban J connectivity index is 1.05. The SMILES string of the molecule is Cc1ccc(OOSOc2ccc(C(=O)O)c(C(=O)Nc3ccc(-c4ccc(NOCc5cc(OS(=O)Oc6ccc(C)cc6)ccc5COO)c(Cl)c4)cc3Cl)c2)cc1. The van der Waals surface area contributed by atoms with Gasteiger partial charge in [0.05, 0.1) is 32.5 Å². The minimum Gasteiger partial charge on any atom is -0.478 e. The van der Waals surface area contributed by atoms with Crippen molar-refractivity contribution < 1.29 is 55.7 Å². The minimum atomic E-state index is -2.14. The van der Waals surface area contributed by atoms with Crippen molar-refractivity contribution in [2.24, 2.45) is 0 Å². The van der Waals surface area contributed by atoms with Crippen molar-refractivity contribution >= 4 is 70.1 Å². The number of anilines is 2. The zero-order chi connectivity index (χ0) is 42.6. The second-order valence-corrected chi connectivity index (χ2v) is 14.7. The van der Waals surface area contributed by atoms with E-state index in [1.807, 2.05) is 38.1 Å². The van der Waals surface area contributed by atoms with E-state index in [2.05, 4.69) is 15.7 Å². The van der Waals surface area contributed by atoms with Crippen molar-refractivity contribution in [2.45, 2.75) is 27.1 Å². The summed E-state index contributed by atoms with van der Waals surface area (Å²) in [6, 6.07) is 32.7. The Hall–Kier alpha value is -5.82. The summed E-state index contributed by atoms with van der Waals surface area (Å²) in [5.74, 6) is -0.895. The first kappa shape index (κ1) is 43.8. The van der Waals surface area contributed by atoms with Crippen LogP contribution in [0.15, 0.2) is 121 Å². The van der Waals surface area contributed by atoms with E-state index in [1.165, 1.54) is 18.2 Å². The molecule has 0 fully saturated rings. The van der Waals surface area contributed by atoms with Crippen molar-refractivity contribution in [3.8, 4) is 34.1 Å². The second kappa shape index (κ2) is 20.9. The summed E-state index contributed by atoms with van der Waals surface area (Å²) >= 11 is 11.5. The number of nitrogens with one attached hydrogen (secondary N) is 2. The van der Waals surface area contributed by atoms with Crippen LogP contribution in [0.5, 0.6) is 23.0 Å². The molecule has 0 aliphatic heterocycles. The van der Waals surface area contributed by atoms with Crippen LogP contribution < -0.4 is 28.2 Å². The molecule has 1 atom stereocenters. The van der Waals surface area contributed by atoms with Crippen LogP contribution >= 0.6 is 35.5 Å². The lowest BCUT2D eigenvalue weighted by molar-refractivity contribution is -0.253. The maximum Gasteiger partial charge on any atom is 0.417 e. The molecule has 0 saturated carbocycles. The molecule has 0 aliphatic carbocycles. The topological polar surface area (TPSA) is 180 Å². The number of hydrogen-bond acceptors (Lipinski definition) is 13. The molecule has 0 spiro atoms. The molecule has 6 aromatic carbocycles. The van der Waals surface area contributed by atoms with Crippen LogP contribution in [0.2, 0.25) is 10.0 Å². The van der Waals surface area contributed by atoms with Crippen LogP contribution in [-0.2, 0) is 38.6 Å². The van der Waals surface area contributed by atoms with Crippen LogP contribution in [0, 0.1) is 13.8 Å². The van der Waals surface area contributed by atoms with Crippen LogP contribution in [0.4, 0.5) is 11.4 Å². The van der Waals surface area contributed by atoms with Gasteiger partial charge in [-0.2, -0.15) is 4.21 Å². The maximum atomic E-state index is 13.4. The summed E-state index contributed by atoms with van der Waals surface area (Å²) in [5.41, 5.74) is 7.54. The number of halogens is 2. The predicted octanol–water partition coefficient (Wildman–Crippen LogP) is 10.8. The van der Waals surface area contributed by atoms with Crippen molar-refractivity contribution in [3.05, 3.63) is 165 Å². The van der Waals surface area contributed by atoms with Crippen LogP contribution in [-0.4, -0.2) is 26.4 Å². The van der Waals surface area contributed by atoms with Gasteiger partial charge >= 0.3 is 17.3 Å². The third-order valence-corrected chi connectivity index (χ3v) is 10.1. The number of aromatic carboxylic acids is 1. The maximum absolute atomic E-state index is 13.4. The van der Waals surface area contributed by atoms with Crippen molar-refractivity contribution in [1.29, 1.82) is 0 Å². The quantitative estimate of drug-likeness (QED) is 0.0261. The van der Waals surface area contributed by atoms with Crippen molar-refractivity contribution in [3.63, 3.8) is 0 Å². The first-order chi connectivity index (χ1) is 28.9. The van der Waals surface area contributed by atoms with E-state index >= 15 is 0 Å². The highest BCUT2D eigenvalue weighted by atomic mass is 35.5. The number of benzene rings is 6. The molecule has 310 valence electrons. The molecule has 0 saturated heterocycles. The molecule has 60 heavy (non-hydrogen) atoms. The fraction of sp³-hybridized carbons (Fsp3) is 0.0952. The van der Waals surface area contributed by atoms with Gasteiger partial charge in [-0.1, -0.05) is 81.1 Å². The molecule has 0 aliphatic rings. The van der Waals surface area contributed by atoms with Gasteiger partial charge in [0, 0.05) is 0 Å². The normalized spacial score (nSPS) is 11.3.